The molecule has 0 radical (unpaired) electrons. The number of piperidine rings is 1. The van der Waals surface area contributed by atoms with Gasteiger partial charge >= 0.3 is 0 Å². The molecule has 134 valence electrons. The Bertz CT molecular complexity index is 675. The van der Waals surface area contributed by atoms with Crippen molar-refractivity contribution < 1.29 is 0 Å². The molecule has 3 heterocycles. The third kappa shape index (κ3) is 4.51. The highest BCUT2D eigenvalue weighted by Crippen LogP contribution is 2.21. The molecule has 25 heavy (non-hydrogen) atoms. The first-order valence-electron chi connectivity index (χ1n) is 9.30. The van der Waals surface area contributed by atoms with Crippen LogP contribution in [0.3, 0.4) is 0 Å². The molecule has 2 aromatic rings. The topological polar surface area (TPSA) is 66.8 Å². The normalized spacial score (nSPS) is 21.2. The molecule has 1 saturated heterocycles. The summed E-state index contributed by atoms with van der Waals surface area (Å²) in [4.78, 5) is 11.6. The summed E-state index contributed by atoms with van der Waals surface area (Å²) in [6, 6.07) is 6.50. The van der Waals surface area contributed by atoms with Crippen LogP contribution in [0, 0.1) is 5.92 Å². The summed E-state index contributed by atoms with van der Waals surface area (Å²) in [6.07, 6.45) is 4.72. The maximum Gasteiger partial charge on any atom is 0.243 e. The highest BCUT2D eigenvalue weighted by atomic mass is 15.3. The Hall–Kier alpha value is -2.08. The Labute approximate surface area is 150 Å². The van der Waals surface area contributed by atoms with Crippen molar-refractivity contribution in [2.45, 2.75) is 52.6 Å². The highest BCUT2D eigenvalue weighted by molar-refractivity contribution is 5.28. The first kappa shape index (κ1) is 17.7. The molecule has 0 aromatic carbocycles. The smallest absolute Gasteiger partial charge is 0.243 e. The van der Waals surface area contributed by atoms with E-state index < -0.39 is 0 Å². The fraction of sp³-hybridized carbons (Fsp3) is 0.579. The number of anilines is 1. The largest absolute Gasteiger partial charge is 0.350 e. The van der Waals surface area contributed by atoms with E-state index in [4.69, 9.17) is 0 Å². The van der Waals surface area contributed by atoms with Gasteiger partial charge in [0.05, 0.1) is 17.1 Å². The summed E-state index contributed by atoms with van der Waals surface area (Å²) in [5.41, 5.74) is 3.20. The van der Waals surface area contributed by atoms with E-state index in [1.807, 2.05) is 12.3 Å². The van der Waals surface area contributed by atoms with E-state index in [2.05, 4.69) is 63.3 Å². The van der Waals surface area contributed by atoms with Gasteiger partial charge in [0.2, 0.25) is 5.95 Å². The molecule has 2 aromatic heterocycles. The second-order valence-electron chi connectivity index (χ2n) is 6.81. The number of aromatic nitrogens is 4. The summed E-state index contributed by atoms with van der Waals surface area (Å²) >= 11 is 0. The van der Waals surface area contributed by atoms with Gasteiger partial charge in [0.15, 0.2) is 0 Å². The van der Waals surface area contributed by atoms with Crippen molar-refractivity contribution in [2.75, 3.05) is 18.4 Å². The molecule has 0 bridgehead atoms. The van der Waals surface area contributed by atoms with Crippen molar-refractivity contribution in [3.8, 4) is 0 Å². The Balaban J connectivity index is 1.58. The van der Waals surface area contributed by atoms with Gasteiger partial charge in [0.25, 0.3) is 0 Å². The molecule has 0 spiro atoms. The number of likely N-dealkylation sites (tertiary alicyclic amines) is 1. The van der Waals surface area contributed by atoms with Crippen molar-refractivity contribution in [3.05, 3.63) is 41.5 Å². The van der Waals surface area contributed by atoms with Crippen LogP contribution in [0.2, 0.25) is 0 Å². The maximum absolute atomic E-state index is 4.67. The fourth-order valence-electron chi connectivity index (χ4n) is 3.48. The van der Waals surface area contributed by atoms with Crippen molar-refractivity contribution in [2.24, 2.45) is 5.92 Å². The minimum absolute atomic E-state index is 0.388. The minimum Gasteiger partial charge on any atom is -0.350 e. The molecule has 3 rings (SSSR count). The number of hydrogen-bond acceptors (Lipinski definition) is 6. The lowest BCUT2D eigenvalue weighted by Crippen LogP contribution is -2.45. The van der Waals surface area contributed by atoms with Gasteiger partial charge in [-0.25, -0.2) is 4.98 Å². The highest BCUT2D eigenvalue weighted by Gasteiger charge is 2.27. The van der Waals surface area contributed by atoms with Crippen LogP contribution in [0.25, 0.3) is 0 Å². The van der Waals surface area contributed by atoms with Gasteiger partial charge in [-0.05, 0) is 37.3 Å². The Morgan fingerprint density at radius 3 is 2.68 bits per heavy atom. The zero-order valence-electron chi connectivity index (χ0n) is 15.4. The summed E-state index contributed by atoms with van der Waals surface area (Å²) < 4.78 is 0. The molecule has 2 atom stereocenters. The molecule has 1 N–H and O–H groups in total. The van der Waals surface area contributed by atoms with E-state index in [1.54, 1.807) is 0 Å². The molecule has 1 fully saturated rings. The van der Waals surface area contributed by atoms with Gasteiger partial charge in [-0.2, -0.15) is 5.10 Å². The van der Waals surface area contributed by atoms with Crippen LogP contribution < -0.4 is 5.32 Å². The lowest BCUT2D eigenvalue weighted by atomic mass is 9.94. The Morgan fingerprint density at radius 1 is 1.16 bits per heavy atom. The van der Waals surface area contributed by atoms with E-state index in [-0.39, 0.29) is 0 Å². The minimum atomic E-state index is 0.388. The van der Waals surface area contributed by atoms with Gasteiger partial charge in [0, 0.05) is 31.9 Å². The second-order valence-corrected chi connectivity index (χ2v) is 6.81. The van der Waals surface area contributed by atoms with Crippen LogP contribution in [0.15, 0.2) is 24.4 Å². The Morgan fingerprint density at radius 2 is 2.00 bits per heavy atom. The number of nitrogens with one attached hydrogen (secondary N) is 1. The number of hydrogen-bond donors (Lipinski definition) is 1. The predicted molar refractivity (Wildman–Crippen MR) is 99.3 cm³/mol. The molecule has 0 saturated carbocycles. The SMILES string of the molecule is CCc1nnc(NC2CCN(Cc3ccccn3)CC2C)nc1CC. The zero-order chi connectivity index (χ0) is 17.6. The van der Waals surface area contributed by atoms with Crippen LogP contribution in [0.5, 0.6) is 0 Å². The second kappa shape index (κ2) is 8.34. The predicted octanol–water partition coefficient (Wildman–Crippen LogP) is 2.71. The monoisotopic (exact) mass is 340 g/mol. The fourth-order valence-corrected chi connectivity index (χ4v) is 3.48. The van der Waals surface area contributed by atoms with Crippen LogP contribution in [-0.4, -0.2) is 44.2 Å². The summed E-state index contributed by atoms with van der Waals surface area (Å²) in [7, 11) is 0. The van der Waals surface area contributed by atoms with Gasteiger partial charge in [-0.3, -0.25) is 9.88 Å². The van der Waals surface area contributed by atoms with Crippen molar-refractivity contribution >= 4 is 5.95 Å². The van der Waals surface area contributed by atoms with E-state index >= 15 is 0 Å². The van der Waals surface area contributed by atoms with Gasteiger partial charge in [0.1, 0.15) is 0 Å². The van der Waals surface area contributed by atoms with Gasteiger partial charge in [-0.1, -0.05) is 26.8 Å². The average Bonchev–Trinajstić information content (AvgIpc) is 2.64. The standard InChI is InChI=1S/C19H28N6/c1-4-16-17(5-2)23-24-19(21-16)22-18-9-11-25(12-14(18)3)13-15-8-6-7-10-20-15/h6-8,10,14,18H,4-5,9,11-13H2,1-3H3,(H,21,22,24). The number of rotatable bonds is 6. The van der Waals surface area contributed by atoms with Crippen LogP contribution in [-0.2, 0) is 19.4 Å². The molecular formula is C19H28N6. The molecule has 1 aliphatic rings. The molecule has 1 aliphatic heterocycles. The van der Waals surface area contributed by atoms with E-state index in [1.165, 1.54) is 0 Å². The molecule has 0 amide bonds. The van der Waals surface area contributed by atoms with Crippen molar-refractivity contribution in [1.82, 2.24) is 25.1 Å². The third-order valence-electron chi connectivity index (χ3n) is 4.92. The molecule has 0 aliphatic carbocycles. The Kier molecular flexibility index (Phi) is 5.91. The molecule has 6 nitrogen and oxygen atoms in total. The quantitative estimate of drug-likeness (QED) is 0.872. The molecular weight excluding hydrogens is 312 g/mol. The van der Waals surface area contributed by atoms with E-state index in [9.17, 15) is 0 Å². The average molecular weight is 340 g/mol. The first-order chi connectivity index (χ1) is 12.2. The summed E-state index contributed by atoms with van der Waals surface area (Å²) in [5, 5.41) is 12.1. The van der Waals surface area contributed by atoms with Crippen molar-refractivity contribution in [1.29, 1.82) is 0 Å². The third-order valence-corrected chi connectivity index (χ3v) is 4.92. The van der Waals surface area contributed by atoms with Crippen LogP contribution >= 0.6 is 0 Å². The van der Waals surface area contributed by atoms with Gasteiger partial charge in [-0.15, -0.1) is 5.10 Å². The number of aryl methyl sites for hydroxylation is 2. The molecule has 2 unspecified atom stereocenters. The lowest BCUT2D eigenvalue weighted by molar-refractivity contribution is 0.162. The van der Waals surface area contributed by atoms with E-state index in [0.29, 0.717) is 17.9 Å². The number of nitrogens with zero attached hydrogens (tertiary/aromatic N) is 5. The van der Waals surface area contributed by atoms with Crippen molar-refractivity contribution in [3.63, 3.8) is 0 Å². The molecule has 6 heteroatoms. The van der Waals surface area contributed by atoms with E-state index in [0.717, 1.165) is 56.0 Å². The van der Waals surface area contributed by atoms with Gasteiger partial charge < -0.3 is 5.32 Å². The summed E-state index contributed by atoms with van der Waals surface area (Å²) in [5.74, 6) is 1.20. The summed E-state index contributed by atoms with van der Waals surface area (Å²) in [6.45, 7) is 9.52. The maximum atomic E-state index is 4.67. The lowest BCUT2D eigenvalue weighted by Gasteiger charge is -2.37. The number of pyridine rings is 1. The van der Waals surface area contributed by atoms with Crippen LogP contribution in [0.1, 0.15) is 44.3 Å². The first-order valence-corrected chi connectivity index (χ1v) is 9.30. The van der Waals surface area contributed by atoms with Crippen LogP contribution in [0.4, 0.5) is 5.95 Å². The zero-order valence-corrected chi connectivity index (χ0v) is 15.4.